The van der Waals surface area contributed by atoms with Crippen LogP contribution in [0.25, 0.3) is 74.8 Å². The van der Waals surface area contributed by atoms with Gasteiger partial charge in [0, 0.05) is 58.8 Å². The molecule has 7 aromatic carbocycles. The zero-order valence-corrected chi connectivity index (χ0v) is 24.3. The molecule has 0 atom stereocenters. The molecule has 4 heteroatoms. The summed E-state index contributed by atoms with van der Waals surface area (Å²) in [5, 5.41) is 9.64. The van der Waals surface area contributed by atoms with Gasteiger partial charge in [0.15, 0.2) is 0 Å². The van der Waals surface area contributed by atoms with Gasteiger partial charge in [-0.25, -0.2) is 0 Å². The van der Waals surface area contributed by atoms with E-state index in [0.29, 0.717) is 0 Å². The molecule has 0 aliphatic heterocycles. The molecule has 0 N–H and O–H groups in total. The van der Waals surface area contributed by atoms with Gasteiger partial charge < -0.3 is 13.7 Å². The van der Waals surface area contributed by atoms with Crippen LogP contribution >= 0.6 is 11.3 Å². The molecule has 0 amide bonds. The summed E-state index contributed by atoms with van der Waals surface area (Å²) in [6.45, 7) is 0. The highest BCUT2D eigenvalue weighted by Gasteiger charge is 2.19. The summed E-state index contributed by atoms with van der Waals surface area (Å²) in [6.07, 6.45) is 0. The second-order valence-corrected chi connectivity index (χ2v) is 12.4. The Morgan fingerprint density at radius 3 is 1.61 bits per heavy atom. The first-order chi connectivity index (χ1) is 21.8. The number of rotatable bonds is 3. The molecule has 3 heterocycles. The smallest absolute Gasteiger partial charge is 0.135 e. The Balaban J connectivity index is 1.23. The number of fused-ring (bicyclic) bond motifs is 11. The van der Waals surface area contributed by atoms with E-state index in [9.17, 15) is 0 Å². The highest BCUT2D eigenvalue weighted by Crippen LogP contribution is 2.44. The molecule has 10 rings (SSSR count). The van der Waals surface area contributed by atoms with Gasteiger partial charge in [-0.1, -0.05) is 72.8 Å². The molecular formula is C40H23NO2S. The topological polar surface area (TPSA) is 29.5 Å². The predicted octanol–water partition coefficient (Wildman–Crippen LogP) is 12.5. The van der Waals surface area contributed by atoms with Crippen molar-refractivity contribution in [1.29, 1.82) is 0 Å². The molecule has 44 heavy (non-hydrogen) atoms. The summed E-state index contributed by atoms with van der Waals surface area (Å²) in [7, 11) is 0. The molecule has 206 valence electrons. The zero-order chi connectivity index (χ0) is 28.8. The van der Waals surface area contributed by atoms with Crippen LogP contribution in [0.3, 0.4) is 0 Å². The van der Waals surface area contributed by atoms with Crippen molar-refractivity contribution in [3.05, 3.63) is 140 Å². The number of nitrogens with zero attached hydrogens (tertiary/aromatic N) is 1. The zero-order valence-electron chi connectivity index (χ0n) is 23.5. The van der Waals surface area contributed by atoms with Crippen molar-refractivity contribution in [2.75, 3.05) is 4.90 Å². The monoisotopic (exact) mass is 581 g/mol. The van der Waals surface area contributed by atoms with Crippen molar-refractivity contribution in [2.24, 2.45) is 0 Å². The van der Waals surface area contributed by atoms with Crippen LogP contribution < -0.4 is 4.90 Å². The van der Waals surface area contributed by atoms with Gasteiger partial charge in [-0.2, -0.15) is 0 Å². The maximum atomic E-state index is 6.19. The number of benzene rings is 7. The minimum atomic E-state index is 0.887. The van der Waals surface area contributed by atoms with E-state index in [2.05, 4.69) is 120 Å². The summed E-state index contributed by atoms with van der Waals surface area (Å²) < 4.78 is 15.0. The number of para-hydroxylation sites is 2. The van der Waals surface area contributed by atoms with Crippen LogP contribution in [0.15, 0.2) is 148 Å². The fraction of sp³-hybridized carbons (Fsp3) is 0. The van der Waals surface area contributed by atoms with E-state index in [1.165, 1.54) is 30.9 Å². The quantitative estimate of drug-likeness (QED) is 0.208. The van der Waals surface area contributed by atoms with Crippen LogP contribution in [0.1, 0.15) is 0 Å². The third kappa shape index (κ3) is 3.43. The van der Waals surface area contributed by atoms with Gasteiger partial charge in [0.1, 0.15) is 22.3 Å². The van der Waals surface area contributed by atoms with E-state index in [1.54, 1.807) is 0 Å². The maximum absolute atomic E-state index is 6.19. The lowest BCUT2D eigenvalue weighted by Crippen LogP contribution is -2.09. The Bertz CT molecular complexity index is 2630. The lowest BCUT2D eigenvalue weighted by molar-refractivity contribution is 0.668. The van der Waals surface area contributed by atoms with E-state index < -0.39 is 0 Å². The molecule has 0 fully saturated rings. The molecule has 3 aromatic heterocycles. The van der Waals surface area contributed by atoms with Gasteiger partial charge in [0.25, 0.3) is 0 Å². The van der Waals surface area contributed by atoms with Crippen LogP contribution in [0.4, 0.5) is 17.1 Å². The van der Waals surface area contributed by atoms with Crippen LogP contribution in [-0.2, 0) is 0 Å². The van der Waals surface area contributed by atoms with Gasteiger partial charge in [-0.3, -0.25) is 0 Å². The van der Waals surface area contributed by atoms with E-state index in [1.807, 2.05) is 35.6 Å². The number of furan rings is 2. The first kappa shape index (κ1) is 23.9. The molecule has 0 bridgehead atoms. The summed E-state index contributed by atoms with van der Waals surface area (Å²) in [5.41, 5.74) is 6.82. The van der Waals surface area contributed by atoms with Crippen molar-refractivity contribution < 1.29 is 8.83 Å². The Kier molecular flexibility index (Phi) is 4.87. The molecule has 0 saturated carbocycles. The van der Waals surface area contributed by atoms with Crippen molar-refractivity contribution in [3.63, 3.8) is 0 Å². The number of hydrogen-bond donors (Lipinski definition) is 0. The molecule has 0 radical (unpaired) electrons. The van der Waals surface area contributed by atoms with Gasteiger partial charge in [-0.05, 0) is 77.5 Å². The van der Waals surface area contributed by atoms with Crippen LogP contribution in [0.5, 0.6) is 0 Å². The summed E-state index contributed by atoms with van der Waals surface area (Å²) in [5.74, 6) is 0. The fourth-order valence-electron chi connectivity index (χ4n) is 6.83. The summed E-state index contributed by atoms with van der Waals surface area (Å²) in [6, 6.07) is 49.5. The van der Waals surface area contributed by atoms with Gasteiger partial charge in [-0.15, -0.1) is 11.3 Å². The minimum absolute atomic E-state index is 0.887. The van der Waals surface area contributed by atoms with Crippen LogP contribution in [-0.4, -0.2) is 0 Å². The van der Waals surface area contributed by atoms with Crippen molar-refractivity contribution >= 4 is 103 Å². The second-order valence-electron chi connectivity index (χ2n) is 11.3. The molecule has 0 spiro atoms. The van der Waals surface area contributed by atoms with Gasteiger partial charge in [0.2, 0.25) is 0 Å². The standard InChI is InChI=1S/C40H23NO2S/c1-2-8-28-24(7-1)13-20-38-40(28)31-17-14-27(23-39(31)44-38)41(25-15-18-36-32(21-25)29-9-3-5-11-34(29)42-36)26-16-19-37-33(22-26)30-10-4-6-12-35(30)43-37/h1-23H. The van der Waals surface area contributed by atoms with E-state index in [-0.39, 0.29) is 0 Å². The van der Waals surface area contributed by atoms with E-state index in [0.717, 1.165) is 60.9 Å². The first-order valence-corrected chi connectivity index (χ1v) is 15.6. The minimum Gasteiger partial charge on any atom is -0.456 e. The third-order valence-corrected chi connectivity index (χ3v) is 9.96. The van der Waals surface area contributed by atoms with Crippen molar-refractivity contribution in [1.82, 2.24) is 0 Å². The second kappa shape index (κ2) is 8.96. The molecule has 0 saturated heterocycles. The van der Waals surface area contributed by atoms with Crippen molar-refractivity contribution in [2.45, 2.75) is 0 Å². The van der Waals surface area contributed by atoms with Crippen LogP contribution in [0, 0.1) is 0 Å². The average molecular weight is 582 g/mol. The molecule has 0 aliphatic carbocycles. The number of anilines is 3. The SMILES string of the molecule is c1ccc2c(c1)ccc1sc3cc(N(c4ccc5oc6ccccc6c5c4)c4ccc5oc6ccccc6c5c4)ccc3c12. The Morgan fingerprint density at radius 2 is 0.932 bits per heavy atom. The molecule has 0 aliphatic rings. The third-order valence-electron chi connectivity index (χ3n) is 8.84. The lowest BCUT2D eigenvalue weighted by Gasteiger charge is -2.25. The largest absolute Gasteiger partial charge is 0.456 e. The fourth-order valence-corrected chi connectivity index (χ4v) is 7.98. The van der Waals surface area contributed by atoms with Gasteiger partial charge >= 0.3 is 0 Å². The Hall–Kier alpha value is -5.58. The number of thiophene rings is 1. The average Bonchev–Trinajstić information content (AvgIpc) is 3.75. The maximum Gasteiger partial charge on any atom is 0.135 e. The first-order valence-electron chi connectivity index (χ1n) is 14.8. The number of hydrogen-bond acceptors (Lipinski definition) is 4. The van der Waals surface area contributed by atoms with Gasteiger partial charge in [0.05, 0.1) is 0 Å². The normalized spacial score (nSPS) is 12.1. The molecule has 0 unspecified atom stereocenters. The predicted molar refractivity (Wildman–Crippen MR) is 186 cm³/mol. The Labute approximate surface area is 255 Å². The molecular weight excluding hydrogens is 559 g/mol. The lowest BCUT2D eigenvalue weighted by atomic mass is 10.0. The van der Waals surface area contributed by atoms with Crippen LogP contribution in [0.2, 0.25) is 0 Å². The highest BCUT2D eigenvalue weighted by atomic mass is 32.1. The highest BCUT2D eigenvalue weighted by molar-refractivity contribution is 7.26. The summed E-state index contributed by atoms with van der Waals surface area (Å²) in [4.78, 5) is 2.35. The summed E-state index contributed by atoms with van der Waals surface area (Å²) >= 11 is 1.85. The van der Waals surface area contributed by atoms with Crippen molar-refractivity contribution in [3.8, 4) is 0 Å². The van der Waals surface area contributed by atoms with E-state index in [4.69, 9.17) is 8.83 Å². The molecule has 10 aromatic rings. The molecule has 3 nitrogen and oxygen atoms in total. The Morgan fingerprint density at radius 1 is 0.386 bits per heavy atom. The van der Waals surface area contributed by atoms with E-state index >= 15 is 0 Å².